The number of aromatic nitrogens is 1. The summed E-state index contributed by atoms with van der Waals surface area (Å²) in [7, 11) is 0.0788. The van der Waals surface area contributed by atoms with Crippen molar-refractivity contribution in [3.8, 4) is 0 Å². The highest BCUT2D eigenvalue weighted by Crippen LogP contribution is 2.46. The molecule has 0 atom stereocenters. The number of nitrogens with one attached hydrogen (secondary N) is 2. The molecule has 1 aromatic rings. The van der Waals surface area contributed by atoms with Crippen molar-refractivity contribution in [1.82, 2.24) is 19.5 Å². The van der Waals surface area contributed by atoms with Crippen LogP contribution >= 0.6 is 0 Å². The molecule has 0 amide bonds. The maximum Gasteiger partial charge on any atom is 0.242 e. The Morgan fingerprint density at radius 2 is 1.96 bits per heavy atom. The minimum absolute atomic E-state index is 0.0123. The fourth-order valence-corrected chi connectivity index (χ4v) is 3.86. The van der Waals surface area contributed by atoms with Crippen molar-refractivity contribution in [2.75, 3.05) is 26.7 Å². The van der Waals surface area contributed by atoms with Crippen molar-refractivity contribution in [3.63, 3.8) is 0 Å². The first-order valence-electron chi connectivity index (χ1n) is 8.11. The number of rotatable bonds is 5. The molecule has 1 aliphatic heterocycles. The number of likely N-dealkylation sites (tertiary alicyclic amines) is 1. The van der Waals surface area contributed by atoms with Crippen LogP contribution in [0.15, 0.2) is 28.3 Å². The average Bonchev–Trinajstić information content (AvgIpc) is 2.93. The molecule has 136 valence electrons. The predicted octanol–water partition coefficient (Wildman–Crippen LogP) is 0.999. The van der Waals surface area contributed by atoms with Gasteiger partial charge in [0.05, 0.1) is 4.90 Å². The van der Waals surface area contributed by atoms with Gasteiger partial charge >= 0.3 is 0 Å². The first-order chi connectivity index (χ1) is 11.0. The van der Waals surface area contributed by atoms with Gasteiger partial charge in [-0.2, -0.15) is 0 Å². The Bertz CT molecular complexity index is 719. The zero-order valence-electron chi connectivity index (χ0n) is 15.4. The summed E-state index contributed by atoms with van der Waals surface area (Å²) in [5.74, 6) is 0.804. The highest BCUT2D eigenvalue weighted by atomic mass is 32.2. The normalized spacial score (nSPS) is 19.9. The van der Waals surface area contributed by atoms with Crippen LogP contribution in [0.4, 0.5) is 0 Å². The fraction of sp³-hybridized carbons (Fsp3) is 0.688. The molecule has 0 aromatic carbocycles. The molecule has 7 nitrogen and oxygen atoms in total. The van der Waals surface area contributed by atoms with Gasteiger partial charge in [-0.3, -0.25) is 4.99 Å². The van der Waals surface area contributed by atoms with Crippen molar-refractivity contribution < 1.29 is 8.42 Å². The van der Waals surface area contributed by atoms with Crippen LogP contribution in [-0.2, 0) is 17.1 Å². The van der Waals surface area contributed by atoms with E-state index in [-0.39, 0.29) is 15.8 Å². The van der Waals surface area contributed by atoms with Gasteiger partial charge in [0, 0.05) is 57.1 Å². The Labute approximate surface area is 145 Å². The number of hydrogen-bond acceptors (Lipinski definition) is 3. The standard InChI is InChI=1S/C16H29N5O2S/c1-15(2)12-21(16(15,3)4)14(17-5)18-8-9-19-24(22,23)13-7-10-20(6)11-13/h7,10-11,19H,8-9,12H2,1-6H3,(H,17,18). The van der Waals surface area contributed by atoms with Crippen molar-refractivity contribution in [2.24, 2.45) is 17.5 Å². The van der Waals surface area contributed by atoms with Crippen LogP contribution in [0.5, 0.6) is 0 Å². The molecule has 2 heterocycles. The lowest BCUT2D eigenvalue weighted by Crippen LogP contribution is -2.72. The van der Waals surface area contributed by atoms with E-state index in [0.29, 0.717) is 13.1 Å². The molecule has 24 heavy (non-hydrogen) atoms. The van der Waals surface area contributed by atoms with E-state index in [1.54, 1.807) is 37.1 Å². The molecule has 0 bridgehead atoms. The third-order valence-corrected chi connectivity index (χ3v) is 6.61. The van der Waals surface area contributed by atoms with Crippen LogP contribution in [0.3, 0.4) is 0 Å². The summed E-state index contributed by atoms with van der Waals surface area (Å²) in [6.45, 7) is 10.6. The Morgan fingerprint density at radius 1 is 1.29 bits per heavy atom. The first-order valence-corrected chi connectivity index (χ1v) is 9.59. The molecule has 2 N–H and O–H groups in total. The number of aryl methyl sites for hydroxylation is 1. The highest BCUT2D eigenvalue weighted by molar-refractivity contribution is 7.89. The maximum absolute atomic E-state index is 12.2. The van der Waals surface area contributed by atoms with Crippen molar-refractivity contribution in [3.05, 3.63) is 18.5 Å². The third-order valence-electron chi connectivity index (χ3n) is 5.17. The quantitative estimate of drug-likeness (QED) is 0.469. The van der Waals surface area contributed by atoms with Crippen LogP contribution in [0, 0.1) is 5.41 Å². The van der Waals surface area contributed by atoms with E-state index in [1.165, 1.54) is 0 Å². The summed E-state index contributed by atoms with van der Waals surface area (Å²) in [6, 6.07) is 1.58. The molecule has 1 aromatic heterocycles. The molecule has 8 heteroatoms. The molecule has 0 radical (unpaired) electrons. The molecule has 0 aliphatic carbocycles. The number of sulfonamides is 1. The summed E-state index contributed by atoms with van der Waals surface area (Å²) in [5.41, 5.74) is 0.234. The number of aliphatic imine (C=N–C) groups is 1. The lowest BCUT2D eigenvalue weighted by molar-refractivity contribution is -0.0666. The molecule has 1 fully saturated rings. The lowest BCUT2D eigenvalue weighted by atomic mass is 9.65. The van der Waals surface area contributed by atoms with Gasteiger partial charge < -0.3 is 14.8 Å². The lowest BCUT2D eigenvalue weighted by Gasteiger charge is -2.62. The maximum atomic E-state index is 12.2. The van der Waals surface area contributed by atoms with Crippen LogP contribution in [-0.4, -0.2) is 56.1 Å². The number of nitrogens with zero attached hydrogens (tertiary/aromatic N) is 3. The average molecular weight is 356 g/mol. The van der Waals surface area contributed by atoms with Gasteiger partial charge in [-0.25, -0.2) is 13.1 Å². The molecule has 0 spiro atoms. The van der Waals surface area contributed by atoms with Gasteiger partial charge in [0.1, 0.15) is 0 Å². The zero-order valence-corrected chi connectivity index (χ0v) is 16.2. The Hall–Kier alpha value is -1.54. The second kappa shape index (κ2) is 6.40. The van der Waals surface area contributed by atoms with E-state index in [0.717, 1.165) is 12.5 Å². The summed E-state index contributed by atoms with van der Waals surface area (Å²) in [5, 5.41) is 3.24. The second-order valence-corrected chi connectivity index (χ2v) is 9.18. The van der Waals surface area contributed by atoms with Crippen molar-refractivity contribution in [2.45, 2.75) is 38.1 Å². The van der Waals surface area contributed by atoms with Gasteiger partial charge in [-0.05, 0) is 19.9 Å². The second-order valence-electron chi connectivity index (χ2n) is 7.41. The van der Waals surface area contributed by atoms with Crippen LogP contribution in [0.2, 0.25) is 0 Å². The van der Waals surface area contributed by atoms with Crippen LogP contribution < -0.4 is 10.0 Å². The van der Waals surface area contributed by atoms with Gasteiger partial charge in [0.2, 0.25) is 10.0 Å². The van der Waals surface area contributed by atoms with Gasteiger partial charge in [0.15, 0.2) is 5.96 Å². The molecule has 0 saturated carbocycles. The van der Waals surface area contributed by atoms with E-state index in [2.05, 4.69) is 47.6 Å². The van der Waals surface area contributed by atoms with E-state index >= 15 is 0 Å². The minimum atomic E-state index is -3.46. The summed E-state index contributed by atoms with van der Waals surface area (Å²) in [6.07, 6.45) is 3.29. The molecule has 2 rings (SSSR count). The summed E-state index contributed by atoms with van der Waals surface area (Å²) >= 11 is 0. The SMILES string of the molecule is CN=C(NCCNS(=O)(=O)c1ccn(C)c1)N1CC(C)(C)C1(C)C. The zero-order chi connectivity index (χ0) is 18.2. The Morgan fingerprint density at radius 3 is 2.42 bits per heavy atom. The minimum Gasteiger partial charge on any atom is -0.356 e. The molecule has 1 aliphatic rings. The van der Waals surface area contributed by atoms with E-state index < -0.39 is 10.0 Å². The highest BCUT2D eigenvalue weighted by Gasteiger charge is 2.53. The predicted molar refractivity (Wildman–Crippen MR) is 96.5 cm³/mol. The largest absolute Gasteiger partial charge is 0.356 e. The third kappa shape index (κ3) is 3.44. The van der Waals surface area contributed by atoms with Crippen LogP contribution in [0.1, 0.15) is 27.7 Å². The molecule has 0 unspecified atom stereocenters. The number of hydrogen-bond donors (Lipinski definition) is 2. The van der Waals surface area contributed by atoms with Gasteiger partial charge in [-0.15, -0.1) is 0 Å². The Kier molecular flexibility index (Phi) is 5.01. The summed E-state index contributed by atoms with van der Waals surface area (Å²) < 4.78 is 28.6. The topological polar surface area (TPSA) is 78.7 Å². The molecular formula is C16H29N5O2S. The van der Waals surface area contributed by atoms with Gasteiger partial charge in [0.25, 0.3) is 0 Å². The summed E-state index contributed by atoms with van der Waals surface area (Å²) in [4.78, 5) is 6.82. The first kappa shape index (κ1) is 18.8. The van der Waals surface area contributed by atoms with E-state index in [9.17, 15) is 8.42 Å². The molecule has 1 saturated heterocycles. The fourth-order valence-electron chi connectivity index (χ4n) is 2.78. The monoisotopic (exact) mass is 355 g/mol. The Balaban J connectivity index is 1.86. The smallest absolute Gasteiger partial charge is 0.242 e. The van der Waals surface area contributed by atoms with E-state index in [4.69, 9.17) is 0 Å². The van der Waals surface area contributed by atoms with Gasteiger partial charge in [-0.1, -0.05) is 13.8 Å². The number of guanidine groups is 1. The van der Waals surface area contributed by atoms with Crippen LogP contribution in [0.25, 0.3) is 0 Å². The van der Waals surface area contributed by atoms with Crippen molar-refractivity contribution in [1.29, 1.82) is 0 Å². The molecular weight excluding hydrogens is 326 g/mol. The van der Waals surface area contributed by atoms with E-state index in [1.807, 2.05) is 0 Å². The van der Waals surface area contributed by atoms with Crippen molar-refractivity contribution >= 4 is 16.0 Å².